The molecule has 1 fully saturated rings. The van der Waals surface area contributed by atoms with Crippen molar-refractivity contribution in [3.05, 3.63) is 39.8 Å². The van der Waals surface area contributed by atoms with Crippen LogP contribution in [0.3, 0.4) is 0 Å². The summed E-state index contributed by atoms with van der Waals surface area (Å²) < 4.78 is 7.17. The minimum absolute atomic E-state index is 0.313. The summed E-state index contributed by atoms with van der Waals surface area (Å²) in [5, 5.41) is 2.91. The maximum Gasteiger partial charge on any atom is 0.138 e. The largest absolute Gasteiger partial charge is 0.489 e. The molecule has 0 bridgehead atoms. The van der Waals surface area contributed by atoms with Gasteiger partial charge in [0.25, 0.3) is 0 Å². The Morgan fingerprint density at radius 3 is 2.55 bits per heavy atom. The number of ether oxygens (including phenoxy) is 1. The lowest BCUT2D eigenvalue weighted by atomic mass is 9.89. The van der Waals surface area contributed by atoms with Gasteiger partial charge in [0, 0.05) is 9.86 Å². The summed E-state index contributed by atoms with van der Waals surface area (Å²) in [6.45, 7) is 2.32. The lowest BCUT2D eigenvalue weighted by Crippen LogP contribution is -2.23. The van der Waals surface area contributed by atoms with Crippen LogP contribution in [0.1, 0.15) is 32.6 Å². The highest BCUT2D eigenvalue weighted by molar-refractivity contribution is 9.10. The second-order valence-electron chi connectivity index (χ2n) is 5.74. The molecular weight excluding hydrogens is 336 g/mol. The molecule has 1 aliphatic rings. The van der Waals surface area contributed by atoms with Crippen molar-refractivity contribution < 1.29 is 4.74 Å². The van der Waals surface area contributed by atoms with Gasteiger partial charge < -0.3 is 4.74 Å². The normalized spacial score (nSPS) is 22.9. The fourth-order valence-electron chi connectivity index (χ4n) is 2.85. The third-order valence-corrected chi connectivity index (χ3v) is 5.02. The molecule has 0 amide bonds. The number of hydrogen-bond acceptors (Lipinski definition) is 1. The quantitative estimate of drug-likeness (QED) is 0.623. The second kappa shape index (κ2) is 5.95. The van der Waals surface area contributed by atoms with E-state index in [9.17, 15) is 0 Å². The van der Waals surface area contributed by atoms with Gasteiger partial charge in [-0.05, 0) is 55.2 Å². The predicted molar refractivity (Wildman–Crippen MR) is 88.7 cm³/mol. The first-order chi connectivity index (χ1) is 9.63. The van der Waals surface area contributed by atoms with E-state index in [1.54, 1.807) is 0 Å². The standard InChI is InChI=1S/C17H18BrClO/c1-11-2-7-14(8-3-11)20-16-9-5-12-4-6-13(18)10-15(12)17(16)19/h4-6,9-11,14H,2-3,7-8H2,1H3/t11-,14+. The third kappa shape index (κ3) is 2.96. The molecule has 2 aromatic rings. The van der Waals surface area contributed by atoms with E-state index >= 15 is 0 Å². The zero-order valence-corrected chi connectivity index (χ0v) is 13.9. The van der Waals surface area contributed by atoms with Crippen molar-refractivity contribution in [1.29, 1.82) is 0 Å². The first kappa shape index (κ1) is 14.2. The smallest absolute Gasteiger partial charge is 0.138 e. The Balaban J connectivity index is 1.86. The molecule has 0 spiro atoms. The minimum Gasteiger partial charge on any atom is -0.489 e. The van der Waals surface area contributed by atoms with E-state index in [0.717, 1.165) is 44.8 Å². The molecule has 0 N–H and O–H groups in total. The van der Waals surface area contributed by atoms with Crippen molar-refractivity contribution in [2.75, 3.05) is 0 Å². The van der Waals surface area contributed by atoms with Gasteiger partial charge in [0.2, 0.25) is 0 Å². The van der Waals surface area contributed by atoms with Crippen LogP contribution in [0, 0.1) is 5.92 Å². The monoisotopic (exact) mass is 352 g/mol. The summed E-state index contributed by atoms with van der Waals surface area (Å²) in [5.41, 5.74) is 0. The highest BCUT2D eigenvalue weighted by atomic mass is 79.9. The second-order valence-corrected chi connectivity index (χ2v) is 7.04. The van der Waals surface area contributed by atoms with Crippen molar-refractivity contribution in [2.24, 2.45) is 5.92 Å². The van der Waals surface area contributed by atoms with Crippen molar-refractivity contribution in [1.82, 2.24) is 0 Å². The Kier molecular flexibility index (Phi) is 4.23. The van der Waals surface area contributed by atoms with Gasteiger partial charge in [-0.2, -0.15) is 0 Å². The molecule has 0 heterocycles. The Morgan fingerprint density at radius 2 is 1.80 bits per heavy atom. The number of benzene rings is 2. The van der Waals surface area contributed by atoms with Gasteiger partial charge in [-0.25, -0.2) is 0 Å². The van der Waals surface area contributed by atoms with Crippen molar-refractivity contribution in [3.63, 3.8) is 0 Å². The average Bonchev–Trinajstić information content (AvgIpc) is 2.45. The predicted octanol–water partition coefficient (Wildman–Crippen LogP) is 6.21. The Morgan fingerprint density at radius 1 is 1.10 bits per heavy atom. The number of rotatable bonds is 2. The molecule has 20 heavy (non-hydrogen) atoms. The van der Waals surface area contributed by atoms with E-state index in [-0.39, 0.29) is 0 Å². The molecule has 106 valence electrons. The third-order valence-electron chi connectivity index (χ3n) is 4.14. The van der Waals surface area contributed by atoms with Gasteiger partial charge >= 0.3 is 0 Å². The fourth-order valence-corrected chi connectivity index (χ4v) is 3.49. The van der Waals surface area contributed by atoms with Crippen LogP contribution in [0.25, 0.3) is 10.8 Å². The van der Waals surface area contributed by atoms with E-state index in [4.69, 9.17) is 16.3 Å². The van der Waals surface area contributed by atoms with Gasteiger partial charge in [-0.3, -0.25) is 0 Å². The highest BCUT2D eigenvalue weighted by Crippen LogP contribution is 2.36. The van der Waals surface area contributed by atoms with Crippen LogP contribution in [-0.4, -0.2) is 6.10 Å². The van der Waals surface area contributed by atoms with Crippen molar-refractivity contribution in [3.8, 4) is 5.75 Å². The van der Waals surface area contributed by atoms with Crippen LogP contribution < -0.4 is 4.74 Å². The highest BCUT2D eigenvalue weighted by Gasteiger charge is 2.20. The van der Waals surface area contributed by atoms with Crippen LogP contribution in [0.15, 0.2) is 34.8 Å². The van der Waals surface area contributed by atoms with E-state index in [1.165, 1.54) is 12.8 Å². The zero-order valence-electron chi connectivity index (χ0n) is 11.5. The average molecular weight is 354 g/mol. The van der Waals surface area contributed by atoms with Crippen LogP contribution in [0.2, 0.25) is 5.02 Å². The Hall–Kier alpha value is -0.730. The molecule has 1 nitrogen and oxygen atoms in total. The van der Waals surface area contributed by atoms with Gasteiger partial charge in [-0.15, -0.1) is 0 Å². The van der Waals surface area contributed by atoms with Crippen LogP contribution in [0.5, 0.6) is 5.75 Å². The molecule has 1 aliphatic carbocycles. The fraction of sp³-hybridized carbons (Fsp3) is 0.412. The summed E-state index contributed by atoms with van der Waals surface area (Å²) in [4.78, 5) is 0. The van der Waals surface area contributed by atoms with Gasteiger partial charge in [0.1, 0.15) is 5.75 Å². The van der Waals surface area contributed by atoms with Crippen molar-refractivity contribution in [2.45, 2.75) is 38.7 Å². The van der Waals surface area contributed by atoms with E-state index in [2.05, 4.69) is 35.0 Å². The Labute approximate surface area is 133 Å². The lowest BCUT2D eigenvalue weighted by molar-refractivity contribution is 0.136. The SMILES string of the molecule is C[C@H]1CC[C@@H](Oc2ccc3ccc(Br)cc3c2Cl)CC1. The summed E-state index contributed by atoms with van der Waals surface area (Å²) >= 11 is 10.0. The molecule has 3 heteroatoms. The number of hydrogen-bond donors (Lipinski definition) is 0. The Bertz CT molecular complexity index is 618. The molecule has 0 radical (unpaired) electrons. The molecule has 3 rings (SSSR count). The topological polar surface area (TPSA) is 9.23 Å². The molecule has 0 unspecified atom stereocenters. The zero-order chi connectivity index (χ0) is 14.1. The van der Waals surface area contributed by atoms with Gasteiger partial charge in [-0.1, -0.05) is 46.6 Å². The molecule has 2 aromatic carbocycles. The van der Waals surface area contributed by atoms with Crippen LogP contribution in [-0.2, 0) is 0 Å². The summed E-state index contributed by atoms with van der Waals surface area (Å²) in [6.07, 6.45) is 5.08. The maximum atomic E-state index is 6.52. The molecule has 1 saturated carbocycles. The number of halogens is 2. The molecular formula is C17H18BrClO. The number of fused-ring (bicyclic) bond motifs is 1. The minimum atomic E-state index is 0.313. The van der Waals surface area contributed by atoms with Gasteiger partial charge in [0.15, 0.2) is 0 Å². The van der Waals surface area contributed by atoms with E-state index in [0.29, 0.717) is 6.10 Å². The summed E-state index contributed by atoms with van der Waals surface area (Å²) in [7, 11) is 0. The van der Waals surface area contributed by atoms with E-state index in [1.807, 2.05) is 18.2 Å². The van der Waals surface area contributed by atoms with Crippen molar-refractivity contribution >= 4 is 38.3 Å². The molecule has 0 saturated heterocycles. The molecule has 0 atom stereocenters. The maximum absolute atomic E-state index is 6.52. The first-order valence-corrected chi connectivity index (χ1v) is 8.35. The van der Waals surface area contributed by atoms with Gasteiger partial charge in [0.05, 0.1) is 11.1 Å². The molecule has 0 aromatic heterocycles. The summed E-state index contributed by atoms with van der Waals surface area (Å²) in [5.74, 6) is 1.65. The van der Waals surface area contributed by atoms with Crippen LogP contribution in [0.4, 0.5) is 0 Å². The molecule has 0 aliphatic heterocycles. The summed E-state index contributed by atoms with van der Waals surface area (Å²) in [6, 6.07) is 10.2. The first-order valence-electron chi connectivity index (χ1n) is 7.18. The lowest BCUT2D eigenvalue weighted by Gasteiger charge is -2.27. The van der Waals surface area contributed by atoms with E-state index < -0.39 is 0 Å². The van der Waals surface area contributed by atoms with Crippen LogP contribution >= 0.6 is 27.5 Å².